The maximum absolute atomic E-state index is 9.39. The van der Waals surface area contributed by atoms with Crippen molar-refractivity contribution in [2.45, 2.75) is 0 Å². The van der Waals surface area contributed by atoms with Gasteiger partial charge in [0.25, 0.3) is 0 Å². The van der Waals surface area contributed by atoms with Gasteiger partial charge in [-0.15, -0.1) is 0 Å². The fourth-order valence-electron chi connectivity index (χ4n) is 0.903. The van der Waals surface area contributed by atoms with Crippen LogP contribution >= 0.6 is 12.2 Å². The summed E-state index contributed by atoms with van der Waals surface area (Å²) >= 11 is 4.92. The van der Waals surface area contributed by atoms with Crippen LogP contribution in [0.1, 0.15) is 5.56 Å². The van der Waals surface area contributed by atoms with E-state index >= 15 is 0 Å². The van der Waals surface area contributed by atoms with Crippen LogP contribution in [0.5, 0.6) is 5.75 Å². The number of benzene rings is 1. The molecule has 0 aliphatic rings. The van der Waals surface area contributed by atoms with Gasteiger partial charge in [0.2, 0.25) is 0 Å². The summed E-state index contributed by atoms with van der Waals surface area (Å²) in [4.78, 5) is 4.76. The Bertz CT molecular complexity index is 350. The maximum Gasteiger partial charge on any atom is 0.124 e. The predicted octanol–water partition coefficient (Wildman–Crippen LogP) is 1.36. The largest absolute Gasteiger partial charge is 0.507 e. The van der Waals surface area contributed by atoms with Crippen LogP contribution in [0.3, 0.4) is 0 Å². The fourth-order valence-corrected chi connectivity index (χ4v) is 0.977. The van der Waals surface area contributed by atoms with Crippen LogP contribution in [-0.4, -0.2) is 29.9 Å². The number of hydrogen-bond donors (Lipinski definition) is 2. The van der Waals surface area contributed by atoms with E-state index in [1.165, 1.54) is 0 Å². The van der Waals surface area contributed by atoms with E-state index in [1.54, 1.807) is 31.5 Å². The van der Waals surface area contributed by atoms with Gasteiger partial charge >= 0.3 is 0 Å². The summed E-state index contributed by atoms with van der Waals surface area (Å²) in [7, 11) is 1.76. The SMILES string of the molecule is CNC(=S)CN=Cc1ccccc1O. The number of aromatic hydroxyl groups is 1. The van der Waals surface area contributed by atoms with Gasteiger partial charge in [-0.2, -0.15) is 0 Å². The average molecular weight is 208 g/mol. The molecule has 0 aromatic heterocycles. The molecule has 0 saturated heterocycles. The Morgan fingerprint density at radius 1 is 1.57 bits per heavy atom. The van der Waals surface area contributed by atoms with Crippen molar-refractivity contribution in [1.82, 2.24) is 5.32 Å². The van der Waals surface area contributed by atoms with E-state index in [1.807, 2.05) is 6.07 Å². The van der Waals surface area contributed by atoms with Crippen LogP contribution in [0.15, 0.2) is 29.3 Å². The number of hydrogen-bond acceptors (Lipinski definition) is 3. The fraction of sp³-hybridized carbons (Fsp3) is 0.200. The van der Waals surface area contributed by atoms with Gasteiger partial charge in [0.15, 0.2) is 0 Å². The zero-order valence-corrected chi connectivity index (χ0v) is 8.71. The van der Waals surface area contributed by atoms with Crippen molar-refractivity contribution in [3.05, 3.63) is 29.8 Å². The second-order valence-electron chi connectivity index (χ2n) is 2.70. The minimum Gasteiger partial charge on any atom is -0.507 e. The van der Waals surface area contributed by atoms with E-state index in [4.69, 9.17) is 12.2 Å². The van der Waals surface area contributed by atoms with Gasteiger partial charge in [-0.1, -0.05) is 24.4 Å². The zero-order valence-electron chi connectivity index (χ0n) is 7.90. The molecule has 14 heavy (non-hydrogen) atoms. The summed E-state index contributed by atoms with van der Waals surface area (Å²) in [5.74, 6) is 0.228. The molecule has 0 fully saturated rings. The molecular formula is C10H12N2OS. The molecule has 0 aliphatic heterocycles. The molecule has 74 valence electrons. The van der Waals surface area contributed by atoms with Crippen molar-refractivity contribution >= 4 is 23.4 Å². The van der Waals surface area contributed by atoms with E-state index in [9.17, 15) is 5.11 Å². The lowest BCUT2D eigenvalue weighted by atomic mass is 10.2. The molecule has 0 radical (unpaired) electrons. The van der Waals surface area contributed by atoms with Gasteiger partial charge in [-0.25, -0.2) is 0 Å². The third-order valence-electron chi connectivity index (χ3n) is 1.68. The molecule has 1 aromatic rings. The highest BCUT2D eigenvalue weighted by Crippen LogP contribution is 2.12. The molecule has 2 N–H and O–H groups in total. The maximum atomic E-state index is 9.39. The van der Waals surface area contributed by atoms with Crippen LogP contribution < -0.4 is 5.32 Å². The van der Waals surface area contributed by atoms with Crippen molar-refractivity contribution in [3.8, 4) is 5.75 Å². The predicted molar refractivity (Wildman–Crippen MR) is 62.2 cm³/mol. The van der Waals surface area contributed by atoms with E-state index in [-0.39, 0.29) is 5.75 Å². The molecular weight excluding hydrogens is 196 g/mol. The highest BCUT2D eigenvalue weighted by molar-refractivity contribution is 7.80. The highest BCUT2D eigenvalue weighted by Gasteiger charge is 1.94. The molecule has 1 aromatic carbocycles. The van der Waals surface area contributed by atoms with Gasteiger partial charge in [-0.05, 0) is 12.1 Å². The zero-order chi connectivity index (χ0) is 10.4. The number of rotatable bonds is 3. The highest BCUT2D eigenvalue weighted by atomic mass is 32.1. The Morgan fingerprint density at radius 2 is 2.29 bits per heavy atom. The molecule has 0 atom stereocenters. The van der Waals surface area contributed by atoms with Gasteiger partial charge in [0, 0.05) is 18.8 Å². The Kier molecular flexibility index (Phi) is 4.07. The molecule has 1 rings (SSSR count). The van der Waals surface area contributed by atoms with Gasteiger partial charge in [0.1, 0.15) is 5.75 Å². The summed E-state index contributed by atoms with van der Waals surface area (Å²) in [6, 6.07) is 7.03. The van der Waals surface area contributed by atoms with Crippen molar-refractivity contribution in [3.63, 3.8) is 0 Å². The lowest BCUT2D eigenvalue weighted by Crippen LogP contribution is -2.18. The van der Waals surface area contributed by atoms with Crippen molar-refractivity contribution in [2.75, 3.05) is 13.6 Å². The summed E-state index contributed by atoms with van der Waals surface area (Å²) in [5, 5.41) is 12.2. The first-order valence-corrected chi connectivity index (χ1v) is 4.63. The van der Waals surface area contributed by atoms with E-state index in [0.717, 1.165) is 0 Å². The number of nitrogens with zero attached hydrogens (tertiary/aromatic N) is 1. The van der Waals surface area contributed by atoms with Gasteiger partial charge in [0.05, 0.1) is 11.5 Å². The van der Waals surface area contributed by atoms with E-state index in [0.29, 0.717) is 17.1 Å². The van der Waals surface area contributed by atoms with E-state index < -0.39 is 0 Å². The Hall–Kier alpha value is -1.42. The number of nitrogens with one attached hydrogen (secondary N) is 1. The van der Waals surface area contributed by atoms with Crippen LogP contribution in [-0.2, 0) is 0 Å². The van der Waals surface area contributed by atoms with Crippen molar-refractivity contribution < 1.29 is 5.11 Å². The molecule has 0 saturated carbocycles. The molecule has 0 aliphatic carbocycles. The molecule has 0 amide bonds. The molecule has 0 bridgehead atoms. The Balaban J connectivity index is 2.60. The molecule has 0 heterocycles. The number of thiocarbonyl (C=S) groups is 1. The summed E-state index contributed by atoms with van der Waals surface area (Å²) in [5.41, 5.74) is 0.700. The van der Waals surface area contributed by atoms with Crippen LogP contribution in [0.4, 0.5) is 0 Å². The minimum atomic E-state index is 0.228. The quantitative estimate of drug-likeness (QED) is 0.582. The lowest BCUT2D eigenvalue weighted by Gasteiger charge is -1.98. The van der Waals surface area contributed by atoms with Gasteiger partial charge < -0.3 is 10.4 Å². The van der Waals surface area contributed by atoms with Crippen LogP contribution in [0, 0.1) is 0 Å². The first kappa shape index (κ1) is 10.7. The first-order valence-electron chi connectivity index (χ1n) is 4.22. The minimum absolute atomic E-state index is 0.228. The van der Waals surface area contributed by atoms with Gasteiger partial charge in [-0.3, -0.25) is 4.99 Å². The summed E-state index contributed by atoms with van der Waals surface area (Å²) in [6.07, 6.45) is 1.61. The lowest BCUT2D eigenvalue weighted by molar-refractivity contribution is 0.474. The third-order valence-corrected chi connectivity index (χ3v) is 2.01. The summed E-state index contributed by atoms with van der Waals surface area (Å²) < 4.78 is 0. The number of likely N-dealkylation sites (N-methyl/N-ethyl adjacent to an activating group) is 1. The molecule has 0 spiro atoms. The smallest absolute Gasteiger partial charge is 0.124 e. The molecule has 3 nitrogen and oxygen atoms in total. The van der Waals surface area contributed by atoms with Crippen LogP contribution in [0.25, 0.3) is 0 Å². The average Bonchev–Trinajstić information content (AvgIpc) is 2.20. The van der Waals surface area contributed by atoms with Crippen LogP contribution in [0.2, 0.25) is 0 Å². The number of phenols is 1. The molecule has 0 unspecified atom stereocenters. The Morgan fingerprint density at radius 3 is 2.93 bits per heavy atom. The normalized spacial score (nSPS) is 10.4. The first-order chi connectivity index (χ1) is 6.74. The molecule has 4 heteroatoms. The second kappa shape index (κ2) is 5.34. The number of aliphatic imine (C=N–C) groups is 1. The third kappa shape index (κ3) is 3.14. The van der Waals surface area contributed by atoms with Crippen molar-refractivity contribution in [2.24, 2.45) is 4.99 Å². The second-order valence-corrected chi connectivity index (χ2v) is 3.19. The number of phenolic OH excluding ortho intramolecular Hbond substituents is 1. The number of para-hydroxylation sites is 1. The van der Waals surface area contributed by atoms with Crippen molar-refractivity contribution in [1.29, 1.82) is 0 Å². The summed E-state index contributed by atoms with van der Waals surface area (Å²) in [6.45, 7) is 0.445. The topological polar surface area (TPSA) is 44.6 Å². The Labute approximate surface area is 88.5 Å². The standard InChI is InChI=1S/C10H12N2OS/c1-11-10(14)7-12-6-8-4-2-3-5-9(8)13/h2-6,13H,7H2,1H3,(H,11,14). The van der Waals surface area contributed by atoms with E-state index in [2.05, 4.69) is 10.3 Å². The monoisotopic (exact) mass is 208 g/mol.